The van der Waals surface area contributed by atoms with Crippen molar-refractivity contribution in [3.63, 3.8) is 0 Å². The standard InChI is InChI=1S/C28H32N2O3S/c1-20(2)17-29(27(32)19-33-22-10-5-4-6-11-22)18-26(31)30-15-13-25-24(14-16-34-25)28(30)23-12-8-7-9-21(23)3/h4-12,14,16,20,28H,13,15,17-19H2,1-3H3. The van der Waals surface area contributed by atoms with Gasteiger partial charge in [-0.1, -0.05) is 56.3 Å². The topological polar surface area (TPSA) is 49.9 Å². The minimum absolute atomic E-state index is 0.0289. The highest BCUT2D eigenvalue weighted by atomic mass is 32.1. The third-order valence-corrected chi connectivity index (χ3v) is 7.14. The van der Waals surface area contributed by atoms with E-state index < -0.39 is 0 Å². The van der Waals surface area contributed by atoms with Crippen LogP contribution in [-0.4, -0.2) is 47.9 Å². The Hall–Kier alpha value is -3.12. The van der Waals surface area contributed by atoms with Crippen molar-refractivity contribution in [3.05, 3.63) is 87.6 Å². The van der Waals surface area contributed by atoms with Crippen LogP contribution in [0, 0.1) is 12.8 Å². The second-order valence-electron chi connectivity index (χ2n) is 9.17. The number of nitrogens with zero attached hydrogens (tertiary/aromatic N) is 2. The molecular formula is C28H32N2O3S. The van der Waals surface area contributed by atoms with Crippen molar-refractivity contribution in [1.82, 2.24) is 9.80 Å². The van der Waals surface area contributed by atoms with Crippen molar-refractivity contribution in [2.45, 2.75) is 33.2 Å². The van der Waals surface area contributed by atoms with Gasteiger partial charge in [-0.05, 0) is 59.5 Å². The maximum absolute atomic E-state index is 13.7. The van der Waals surface area contributed by atoms with E-state index >= 15 is 0 Å². The van der Waals surface area contributed by atoms with Crippen molar-refractivity contribution in [1.29, 1.82) is 0 Å². The van der Waals surface area contributed by atoms with E-state index in [1.165, 1.54) is 10.4 Å². The molecule has 0 bridgehead atoms. The van der Waals surface area contributed by atoms with Crippen LogP contribution in [0.15, 0.2) is 66.0 Å². The van der Waals surface area contributed by atoms with Gasteiger partial charge < -0.3 is 14.5 Å². The Kier molecular flexibility index (Phi) is 7.68. The van der Waals surface area contributed by atoms with Crippen LogP contribution in [0.1, 0.15) is 41.5 Å². The number of ether oxygens (including phenoxy) is 1. The van der Waals surface area contributed by atoms with Gasteiger partial charge in [-0.25, -0.2) is 0 Å². The number of amides is 2. The van der Waals surface area contributed by atoms with Crippen molar-refractivity contribution in [3.8, 4) is 5.75 Å². The Morgan fingerprint density at radius 1 is 1.06 bits per heavy atom. The Morgan fingerprint density at radius 3 is 2.53 bits per heavy atom. The minimum Gasteiger partial charge on any atom is -0.484 e. The van der Waals surface area contributed by atoms with Crippen LogP contribution in [0.5, 0.6) is 5.75 Å². The van der Waals surface area contributed by atoms with Gasteiger partial charge in [0, 0.05) is 18.0 Å². The summed E-state index contributed by atoms with van der Waals surface area (Å²) in [4.78, 5) is 31.7. The minimum atomic E-state index is -0.174. The average molecular weight is 477 g/mol. The summed E-state index contributed by atoms with van der Waals surface area (Å²) >= 11 is 1.76. The number of carbonyl (C=O) groups is 2. The molecule has 4 rings (SSSR count). The number of para-hydroxylation sites is 1. The number of rotatable bonds is 8. The number of fused-ring (bicyclic) bond motifs is 1. The largest absolute Gasteiger partial charge is 0.484 e. The van der Waals surface area contributed by atoms with E-state index in [1.807, 2.05) is 47.4 Å². The maximum atomic E-state index is 13.7. The molecule has 0 N–H and O–H groups in total. The second-order valence-corrected chi connectivity index (χ2v) is 10.2. The first-order chi connectivity index (χ1) is 16.4. The molecule has 0 saturated carbocycles. The van der Waals surface area contributed by atoms with Gasteiger partial charge in [0.05, 0.1) is 12.6 Å². The molecule has 5 nitrogen and oxygen atoms in total. The lowest BCUT2D eigenvalue weighted by molar-refractivity contribution is -0.143. The van der Waals surface area contributed by atoms with E-state index in [2.05, 4.69) is 44.4 Å². The van der Waals surface area contributed by atoms with E-state index in [1.54, 1.807) is 16.2 Å². The van der Waals surface area contributed by atoms with E-state index in [-0.39, 0.29) is 36.9 Å². The summed E-state index contributed by atoms with van der Waals surface area (Å²) in [7, 11) is 0. The zero-order valence-electron chi connectivity index (χ0n) is 20.1. The summed E-state index contributed by atoms with van der Waals surface area (Å²) in [5.41, 5.74) is 3.51. The van der Waals surface area contributed by atoms with Gasteiger partial charge in [-0.15, -0.1) is 11.3 Å². The van der Waals surface area contributed by atoms with Gasteiger partial charge in [0.15, 0.2) is 6.61 Å². The quantitative estimate of drug-likeness (QED) is 0.455. The fourth-order valence-electron chi connectivity index (χ4n) is 4.52. The fourth-order valence-corrected chi connectivity index (χ4v) is 5.42. The summed E-state index contributed by atoms with van der Waals surface area (Å²) < 4.78 is 5.68. The Morgan fingerprint density at radius 2 is 1.79 bits per heavy atom. The molecule has 0 aliphatic carbocycles. The molecule has 1 aliphatic heterocycles. The van der Waals surface area contributed by atoms with Crippen LogP contribution < -0.4 is 4.74 Å². The molecule has 1 aliphatic rings. The van der Waals surface area contributed by atoms with Gasteiger partial charge >= 0.3 is 0 Å². The number of carbonyl (C=O) groups excluding carboxylic acids is 2. The number of hydrogen-bond acceptors (Lipinski definition) is 4. The van der Waals surface area contributed by atoms with E-state index in [0.29, 0.717) is 18.8 Å². The molecule has 3 aromatic rings. The molecule has 0 fully saturated rings. The molecule has 2 amide bonds. The lowest BCUT2D eigenvalue weighted by Gasteiger charge is -2.38. The molecular weight excluding hydrogens is 444 g/mol. The predicted molar refractivity (Wildman–Crippen MR) is 136 cm³/mol. The van der Waals surface area contributed by atoms with Crippen LogP contribution in [0.4, 0.5) is 0 Å². The van der Waals surface area contributed by atoms with Crippen LogP contribution >= 0.6 is 11.3 Å². The summed E-state index contributed by atoms with van der Waals surface area (Å²) in [6.45, 7) is 7.32. The van der Waals surface area contributed by atoms with Gasteiger partial charge in [0.25, 0.3) is 5.91 Å². The normalized spacial score (nSPS) is 15.2. The lowest BCUT2D eigenvalue weighted by Crippen LogP contribution is -2.48. The number of benzene rings is 2. The molecule has 34 heavy (non-hydrogen) atoms. The fraction of sp³-hybridized carbons (Fsp3) is 0.357. The van der Waals surface area contributed by atoms with Gasteiger partial charge in [0.2, 0.25) is 5.91 Å². The van der Waals surface area contributed by atoms with E-state index in [9.17, 15) is 9.59 Å². The third kappa shape index (κ3) is 5.50. The molecule has 1 aromatic heterocycles. The summed E-state index contributed by atoms with van der Waals surface area (Å²) in [6, 6.07) is 19.6. The zero-order chi connectivity index (χ0) is 24.1. The van der Waals surface area contributed by atoms with Crippen LogP contribution in [0.2, 0.25) is 0 Å². The first-order valence-corrected chi connectivity index (χ1v) is 12.7. The van der Waals surface area contributed by atoms with Crippen molar-refractivity contribution >= 4 is 23.2 Å². The summed E-state index contributed by atoms with van der Waals surface area (Å²) in [5, 5.41) is 2.11. The van der Waals surface area contributed by atoms with E-state index in [4.69, 9.17) is 4.74 Å². The zero-order valence-corrected chi connectivity index (χ0v) is 20.9. The molecule has 1 unspecified atom stereocenters. The maximum Gasteiger partial charge on any atom is 0.260 e. The van der Waals surface area contributed by atoms with Crippen LogP contribution in [-0.2, 0) is 16.0 Å². The smallest absolute Gasteiger partial charge is 0.260 e. The molecule has 0 spiro atoms. The Balaban J connectivity index is 1.54. The summed E-state index contributed by atoms with van der Waals surface area (Å²) in [6.07, 6.45) is 0.844. The SMILES string of the molecule is Cc1ccccc1C1c2ccsc2CCN1C(=O)CN(CC(C)C)C(=O)COc1ccccc1. The van der Waals surface area contributed by atoms with E-state index in [0.717, 1.165) is 17.5 Å². The summed E-state index contributed by atoms with van der Waals surface area (Å²) in [5.74, 6) is 0.683. The molecule has 0 radical (unpaired) electrons. The molecule has 6 heteroatoms. The Bertz CT molecular complexity index is 1130. The number of aryl methyl sites for hydroxylation is 1. The lowest BCUT2D eigenvalue weighted by atomic mass is 9.90. The molecule has 1 atom stereocenters. The Labute approximate surface area is 206 Å². The van der Waals surface area contributed by atoms with Crippen molar-refractivity contribution in [2.24, 2.45) is 5.92 Å². The molecule has 0 saturated heterocycles. The molecule has 2 heterocycles. The molecule has 2 aromatic carbocycles. The second kappa shape index (κ2) is 10.9. The van der Waals surface area contributed by atoms with Crippen LogP contribution in [0.25, 0.3) is 0 Å². The first-order valence-electron chi connectivity index (χ1n) is 11.8. The monoisotopic (exact) mass is 476 g/mol. The highest BCUT2D eigenvalue weighted by molar-refractivity contribution is 7.10. The highest BCUT2D eigenvalue weighted by Gasteiger charge is 2.34. The van der Waals surface area contributed by atoms with Gasteiger partial charge in [-0.3, -0.25) is 9.59 Å². The van der Waals surface area contributed by atoms with Crippen LogP contribution in [0.3, 0.4) is 0 Å². The van der Waals surface area contributed by atoms with Gasteiger partial charge in [0.1, 0.15) is 5.75 Å². The average Bonchev–Trinajstić information content (AvgIpc) is 3.31. The highest BCUT2D eigenvalue weighted by Crippen LogP contribution is 2.39. The number of thiophene rings is 1. The van der Waals surface area contributed by atoms with Gasteiger partial charge in [-0.2, -0.15) is 0 Å². The first kappa shape index (κ1) is 24.0. The number of hydrogen-bond donors (Lipinski definition) is 0. The van der Waals surface area contributed by atoms with Crippen molar-refractivity contribution in [2.75, 3.05) is 26.2 Å². The third-order valence-electron chi connectivity index (χ3n) is 6.14. The predicted octanol–water partition coefficient (Wildman–Crippen LogP) is 5.09. The molecule has 178 valence electrons. The van der Waals surface area contributed by atoms with Crippen molar-refractivity contribution < 1.29 is 14.3 Å².